The standard InChI is InChI=1S/C12H20N2O2S/c1-10-5-6-12(9-11(10)2)7-8-13-17(15,16)14(3)4/h5-6,9,13H,7-8H2,1-4H3. The summed E-state index contributed by atoms with van der Waals surface area (Å²) in [6.07, 6.45) is 0.703. The van der Waals surface area contributed by atoms with E-state index in [1.54, 1.807) is 0 Å². The molecule has 0 aliphatic carbocycles. The molecule has 96 valence electrons. The van der Waals surface area contributed by atoms with Crippen LogP contribution in [0.2, 0.25) is 0 Å². The molecule has 0 aromatic heterocycles. The van der Waals surface area contributed by atoms with Gasteiger partial charge < -0.3 is 0 Å². The molecule has 1 aromatic carbocycles. The summed E-state index contributed by atoms with van der Waals surface area (Å²) in [7, 11) is -0.279. The number of rotatable bonds is 5. The lowest BCUT2D eigenvalue weighted by molar-refractivity contribution is 0.506. The molecule has 0 amide bonds. The second-order valence-corrected chi connectivity index (χ2v) is 6.32. The van der Waals surface area contributed by atoms with Gasteiger partial charge in [-0.2, -0.15) is 12.7 Å². The minimum Gasteiger partial charge on any atom is -0.202 e. The van der Waals surface area contributed by atoms with Gasteiger partial charge in [0.2, 0.25) is 0 Å². The van der Waals surface area contributed by atoms with Gasteiger partial charge in [0.25, 0.3) is 10.2 Å². The van der Waals surface area contributed by atoms with Gasteiger partial charge in [-0.15, -0.1) is 0 Å². The average Bonchev–Trinajstić information content (AvgIpc) is 2.23. The third kappa shape index (κ3) is 4.11. The zero-order valence-electron chi connectivity index (χ0n) is 10.8. The number of nitrogens with one attached hydrogen (secondary N) is 1. The molecule has 1 rings (SSSR count). The quantitative estimate of drug-likeness (QED) is 0.861. The van der Waals surface area contributed by atoms with E-state index in [0.29, 0.717) is 13.0 Å². The van der Waals surface area contributed by atoms with Crippen LogP contribution in [0.25, 0.3) is 0 Å². The van der Waals surface area contributed by atoms with Gasteiger partial charge in [0, 0.05) is 20.6 Å². The predicted molar refractivity (Wildman–Crippen MR) is 70.2 cm³/mol. The van der Waals surface area contributed by atoms with Crippen molar-refractivity contribution in [3.05, 3.63) is 34.9 Å². The normalized spacial score (nSPS) is 12.1. The van der Waals surface area contributed by atoms with E-state index in [2.05, 4.69) is 30.7 Å². The number of hydrogen-bond donors (Lipinski definition) is 1. The van der Waals surface area contributed by atoms with E-state index in [4.69, 9.17) is 0 Å². The van der Waals surface area contributed by atoms with Crippen molar-refractivity contribution in [3.8, 4) is 0 Å². The number of aryl methyl sites for hydroxylation is 2. The summed E-state index contributed by atoms with van der Waals surface area (Å²) < 4.78 is 26.6. The molecular weight excluding hydrogens is 236 g/mol. The zero-order valence-corrected chi connectivity index (χ0v) is 11.6. The SMILES string of the molecule is Cc1ccc(CCNS(=O)(=O)N(C)C)cc1C. The fourth-order valence-electron chi connectivity index (χ4n) is 1.41. The summed E-state index contributed by atoms with van der Waals surface area (Å²) in [5.41, 5.74) is 3.63. The highest BCUT2D eigenvalue weighted by Crippen LogP contribution is 2.10. The van der Waals surface area contributed by atoms with Crippen LogP contribution >= 0.6 is 0 Å². The smallest absolute Gasteiger partial charge is 0.202 e. The summed E-state index contributed by atoms with van der Waals surface area (Å²) in [4.78, 5) is 0. The Hall–Kier alpha value is -0.910. The molecule has 0 spiro atoms. The summed E-state index contributed by atoms with van der Waals surface area (Å²) in [5.74, 6) is 0. The average molecular weight is 256 g/mol. The van der Waals surface area contributed by atoms with Gasteiger partial charge in [-0.05, 0) is 37.0 Å². The van der Waals surface area contributed by atoms with Gasteiger partial charge in [-0.25, -0.2) is 4.72 Å². The maximum absolute atomic E-state index is 11.5. The Labute approximate surface area is 104 Å². The van der Waals surface area contributed by atoms with Crippen molar-refractivity contribution in [1.29, 1.82) is 0 Å². The number of hydrogen-bond acceptors (Lipinski definition) is 2. The van der Waals surface area contributed by atoms with E-state index in [9.17, 15) is 8.42 Å². The molecule has 0 heterocycles. The van der Waals surface area contributed by atoms with Gasteiger partial charge in [-0.1, -0.05) is 18.2 Å². The van der Waals surface area contributed by atoms with Gasteiger partial charge >= 0.3 is 0 Å². The predicted octanol–water partition coefficient (Wildman–Crippen LogP) is 1.24. The lowest BCUT2D eigenvalue weighted by Crippen LogP contribution is -2.36. The van der Waals surface area contributed by atoms with Crippen LogP contribution in [0.15, 0.2) is 18.2 Å². The Balaban J connectivity index is 2.55. The van der Waals surface area contributed by atoms with E-state index in [0.717, 1.165) is 5.56 Å². The van der Waals surface area contributed by atoms with E-state index in [-0.39, 0.29) is 0 Å². The fraction of sp³-hybridized carbons (Fsp3) is 0.500. The molecule has 0 bridgehead atoms. The molecule has 0 atom stereocenters. The van der Waals surface area contributed by atoms with Crippen LogP contribution in [0.3, 0.4) is 0 Å². The van der Waals surface area contributed by atoms with Crippen molar-refractivity contribution in [2.24, 2.45) is 0 Å². The van der Waals surface area contributed by atoms with Crippen molar-refractivity contribution in [3.63, 3.8) is 0 Å². The zero-order chi connectivity index (χ0) is 13.1. The molecule has 1 N–H and O–H groups in total. The molecule has 0 aliphatic rings. The largest absolute Gasteiger partial charge is 0.278 e. The highest BCUT2D eigenvalue weighted by Gasteiger charge is 2.11. The second kappa shape index (κ2) is 5.62. The summed E-state index contributed by atoms with van der Waals surface area (Å²) in [6.45, 7) is 4.54. The number of nitrogens with zero attached hydrogens (tertiary/aromatic N) is 1. The molecule has 1 aromatic rings. The van der Waals surface area contributed by atoms with Crippen LogP contribution in [0.4, 0.5) is 0 Å². The molecule has 0 fully saturated rings. The topological polar surface area (TPSA) is 49.4 Å². The third-order valence-corrected chi connectivity index (χ3v) is 4.28. The monoisotopic (exact) mass is 256 g/mol. The van der Waals surface area contributed by atoms with Crippen molar-refractivity contribution >= 4 is 10.2 Å². The van der Waals surface area contributed by atoms with Crippen molar-refractivity contribution < 1.29 is 8.42 Å². The minimum atomic E-state index is -3.30. The fourth-order valence-corrected chi connectivity index (χ4v) is 2.03. The molecule has 0 aliphatic heterocycles. The molecule has 5 heteroatoms. The molecule has 0 saturated carbocycles. The molecule has 0 radical (unpaired) electrons. The second-order valence-electron chi connectivity index (χ2n) is 4.35. The lowest BCUT2D eigenvalue weighted by Gasteiger charge is -2.12. The molecule has 0 unspecified atom stereocenters. The van der Waals surface area contributed by atoms with Crippen LogP contribution in [0, 0.1) is 13.8 Å². The molecule has 0 saturated heterocycles. The molecule has 4 nitrogen and oxygen atoms in total. The minimum absolute atomic E-state index is 0.420. The first-order valence-electron chi connectivity index (χ1n) is 5.56. The Morgan fingerprint density at radius 3 is 2.35 bits per heavy atom. The van der Waals surface area contributed by atoms with Crippen molar-refractivity contribution in [1.82, 2.24) is 9.03 Å². The van der Waals surface area contributed by atoms with Crippen molar-refractivity contribution in [2.45, 2.75) is 20.3 Å². The number of benzene rings is 1. The Morgan fingerprint density at radius 2 is 1.82 bits per heavy atom. The Morgan fingerprint density at radius 1 is 1.18 bits per heavy atom. The Bertz CT molecular complexity index is 481. The van der Waals surface area contributed by atoms with Gasteiger partial charge in [0.15, 0.2) is 0 Å². The van der Waals surface area contributed by atoms with Gasteiger partial charge in [-0.3, -0.25) is 0 Å². The molecular formula is C12H20N2O2S. The Kier molecular flexibility index (Phi) is 4.68. The first-order chi connectivity index (χ1) is 7.83. The highest BCUT2D eigenvalue weighted by atomic mass is 32.2. The molecule has 17 heavy (non-hydrogen) atoms. The van der Waals surface area contributed by atoms with Gasteiger partial charge in [0.05, 0.1) is 0 Å². The first kappa shape index (κ1) is 14.2. The van der Waals surface area contributed by atoms with Gasteiger partial charge in [0.1, 0.15) is 0 Å². The van der Waals surface area contributed by atoms with E-state index in [1.165, 1.54) is 29.5 Å². The van der Waals surface area contributed by atoms with Crippen LogP contribution < -0.4 is 4.72 Å². The van der Waals surface area contributed by atoms with E-state index >= 15 is 0 Å². The maximum atomic E-state index is 11.5. The van der Waals surface area contributed by atoms with Crippen LogP contribution in [-0.4, -0.2) is 33.4 Å². The lowest BCUT2D eigenvalue weighted by atomic mass is 10.0. The maximum Gasteiger partial charge on any atom is 0.278 e. The third-order valence-electron chi connectivity index (χ3n) is 2.75. The van der Waals surface area contributed by atoms with Crippen LogP contribution in [0.5, 0.6) is 0 Å². The van der Waals surface area contributed by atoms with E-state index in [1.807, 2.05) is 6.07 Å². The van der Waals surface area contributed by atoms with Crippen LogP contribution in [0.1, 0.15) is 16.7 Å². The summed E-state index contributed by atoms with van der Waals surface area (Å²) in [6, 6.07) is 6.19. The first-order valence-corrected chi connectivity index (χ1v) is 7.00. The van der Waals surface area contributed by atoms with Crippen LogP contribution in [-0.2, 0) is 16.6 Å². The van der Waals surface area contributed by atoms with Crippen molar-refractivity contribution in [2.75, 3.05) is 20.6 Å². The highest BCUT2D eigenvalue weighted by molar-refractivity contribution is 7.87. The van der Waals surface area contributed by atoms with E-state index < -0.39 is 10.2 Å². The summed E-state index contributed by atoms with van der Waals surface area (Å²) in [5, 5.41) is 0. The summed E-state index contributed by atoms with van der Waals surface area (Å²) >= 11 is 0.